The molecule has 5 nitrogen and oxygen atoms in total. The van der Waals surface area contributed by atoms with Gasteiger partial charge in [0.05, 0.1) is 12.8 Å². The molecule has 1 amide bonds. The van der Waals surface area contributed by atoms with E-state index in [9.17, 15) is 9.59 Å². The molecule has 0 fully saturated rings. The molecular weight excluding hydrogens is 342 g/mol. The van der Waals surface area contributed by atoms with Gasteiger partial charge in [-0.1, -0.05) is 41.9 Å². The van der Waals surface area contributed by atoms with E-state index in [1.807, 2.05) is 0 Å². The molecule has 0 aliphatic heterocycles. The Balaban J connectivity index is 1.94. The highest BCUT2D eigenvalue weighted by molar-refractivity contribution is 6.32. The first-order chi connectivity index (χ1) is 12.0. The minimum Gasteiger partial charge on any atom is -0.495 e. The number of hydrogen-bond donors (Lipinski definition) is 1. The van der Waals surface area contributed by atoms with Crippen molar-refractivity contribution in [2.45, 2.75) is 13.0 Å². The number of ether oxygens (including phenoxy) is 2. The number of anilines is 1. The molecule has 2 aromatic rings. The van der Waals surface area contributed by atoms with E-state index in [2.05, 4.69) is 5.32 Å². The molecule has 2 rings (SSSR count). The average Bonchev–Trinajstić information content (AvgIpc) is 2.61. The van der Waals surface area contributed by atoms with Crippen molar-refractivity contribution >= 4 is 35.2 Å². The summed E-state index contributed by atoms with van der Waals surface area (Å²) in [6, 6.07) is 14.1. The molecule has 0 bridgehead atoms. The van der Waals surface area contributed by atoms with Crippen LogP contribution >= 0.6 is 11.6 Å². The molecule has 0 aliphatic rings. The van der Waals surface area contributed by atoms with Gasteiger partial charge in [-0.3, -0.25) is 4.79 Å². The zero-order valence-electron chi connectivity index (χ0n) is 13.9. The quantitative estimate of drug-likeness (QED) is 0.627. The van der Waals surface area contributed by atoms with Gasteiger partial charge >= 0.3 is 5.97 Å². The molecule has 2 aromatic carbocycles. The lowest BCUT2D eigenvalue weighted by atomic mass is 10.2. The van der Waals surface area contributed by atoms with Gasteiger partial charge in [-0.2, -0.15) is 0 Å². The number of rotatable bonds is 6. The second kappa shape index (κ2) is 8.89. The molecule has 0 radical (unpaired) electrons. The first kappa shape index (κ1) is 18.5. The van der Waals surface area contributed by atoms with Crippen LogP contribution in [-0.2, 0) is 14.3 Å². The number of benzene rings is 2. The Labute approximate surface area is 151 Å². The van der Waals surface area contributed by atoms with E-state index in [0.717, 1.165) is 0 Å². The molecule has 1 N–H and O–H groups in total. The highest BCUT2D eigenvalue weighted by Crippen LogP contribution is 2.23. The fraction of sp³-hybridized carbons (Fsp3) is 0.158. The van der Waals surface area contributed by atoms with Crippen LogP contribution in [-0.4, -0.2) is 25.1 Å². The van der Waals surface area contributed by atoms with Crippen LogP contribution in [0.1, 0.15) is 12.5 Å². The maximum Gasteiger partial charge on any atom is 0.331 e. The molecule has 0 spiro atoms. The SMILES string of the molecule is COc1ccccc1NC(=O)[C@H](C)OC(=O)/C=C/c1ccccc1Cl. The van der Waals surface area contributed by atoms with Gasteiger partial charge in [0.1, 0.15) is 5.75 Å². The van der Waals surface area contributed by atoms with Gasteiger partial charge in [-0.05, 0) is 36.8 Å². The van der Waals surface area contributed by atoms with Crippen LogP contribution in [0, 0.1) is 0 Å². The number of hydrogen-bond acceptors (Lipinski definition) is 4. The Morgan fingerprint density at radius 3 is 2.52 bits per heavy atom. The summed E-state index contributed by atoms with van der Waals surface area (Å²) in [6.07, 6.45) is 1.80. The molecule has 0 aliphatic carbocycles. The molecule has 0 saturated carbocycles. The first-order valence-corrected chi connectivity index (χ1v) is 7.96. The Morgan fingerprint density at radius 2 is 1.80 bits per heavy atom. The summed E-state index contributed by atoms with van der Waals surface area (Å²) in [4.78, 5) is 24.0. The normalized spacial score (nSPS) is 11.8. The third-order valence-corrected chi connectivity index (χ3v) is 3.68. The Kier molecular flexibility index (Phi) is 6.60. The standard InChI is InChI=1S/C19H18ClNO4/c1-13(19(23)21-16-9-5-6-10-17(16)24-2)25-18(22)12-11-14-7-3-4-8-15(14)20/h3-13H,1-2H3,(H,21,23)/b12-11+/t13-/m0/s1. The van der Waals surface area contributed by atoms with Crippen molar-refractivity contribution in [2.24, 2.45) is 0 Å². The number of para-hydroxylation sites is 2. The van der Waals surface area contributed by atoms with Gasteiger partial charge in [-0.15, -0.1) is 0 Å². The highest BCUT2D eigenvalue weighted by Gasteiger charge is 2.18. The maximum atomic E-state index is 12.2. The van der Waals surface area contributed by atoms with Crippen molar-refractivity contribution in [2.75, 3.05) is 12.4 Å². The minimum absolute atomic E-state index is 0.455. The molecular formula is C19H18ClNO4. The number of halogens is 1. The summed E-state index contributed by atoms with van der Waals surface area (Å²) in [5.74, 6) is -0.570. The van der Waals surface area contributed by atoms with Crippen molar-refractivity contribution in [3.63, 3.8) is 0 Å². The zero-order valence-corrected chi connectivity index (χ0v) is 14.6. The van der Waals surface area contributed by atoms with Crippen molar-refractivity contribution in [1.82, 2.24) is 0 Å². The van der Waals surface area contributed by atoms with Gasteiger partial charge in [0.2, 0.25) is 0 Å². The summed E-state index contributed by atoms with van der Waals surface area (Å²) < 4.78 is 10.3. The van der Waals surface area contributed by atoms with Crippen LogP contribution < -0.4 is 10.1 Å². The van der Waals surface area contributed by atoms with Crippen LogP contribution in [0.4, 0.5) is 5.69 Å². The predicted octanol–water partition coefficient (Wildman–Crippen LogP) is 3.93. The summed E-state index contributed by atoms with van der Waals surface area (Å²) in [5, 5.41) is 3.18. The van der Waals surface area contributed by atoms with E-state index < -0.39 is 18.0 Å². The number of amides is 1. The van der Waals surface area contributed by atoms with Crippen molar-refractivity contribution in [3.05, 3.63) is 65.2 Å². The van der Waals surface area contributed by atoms with E-state index >= 15 is 0 Å². The maximum absolute atomic E-state index is 12.2. The molecule has 130 valence electrons. The lowest BCUT2D eigenvalue weighted by Crippen LogP contribution is -2.29. The fourth-order valence-corrected chi connectivity index (χ4v) is 2.22. The zero-order chi connectivity index (χ0) is 18.2. The van der Waals surface area contributed by atoms with E-state index in [-0.39, 0.29) is 0 Å². The molecule has 0 saturated heterocycles. The van der Waals surface area contributed by atoms with Gasteiger partial charge < -0.3 is 14.8 Å². The van der Waals surface area contributed by atoms with Crippen LogP contribution in [0.15, 0.2) is 54.6 Å². The highest BCUT2D eigenvalue weighted by atomic mass is 35.5. The lowest BCUT2D eigenvalue weighted by Gasteiger charge is -2.14. The molecule has 6 heteroatoms. The Bertz CT molecular complexity index is 788. The van der Waals surface area contributed by atoms with Crippen LogP contribution in [0.3, 0.4) is 0 Å². The van der Waals surface area contributed by atoms with Crippen molar-refractivity contribution in [1.29, 1.82) is 0 Å². The second-order valence-corrected chi connectivity index (χ2v) is 5.53. The van der Waals surface area contributed by atoms with E-state index in [0.29, 0.717) is 22.0 Å². The Hall–Kier alpha value is -2.79. The van der Waals surface area contributed by atoms with Gasteiger partial charge in [-0.25, -0.2) is 4.79 Å². The van der Waals surface area contributed by atoms with Crippen LogP contribution in [0.5, 0.6) is 5.75 Å². The van der Waals surface area contributed by atoms with Gasteiger partial charge in [0.25, 0.3) is 5.91 Å². The lowest BCUT2D eigenvalue weighted by molar-refractivity contribution is -0.148. The van der Waals surface area contributed by atoms with Crippen LogP contribution in [0.25, 0.3) is 6.08 Å². The summed E-state index contributed by atoms with van der Waals surface area (Å²) in [6.45, 7) is 1.49. The van der Waals surface area contributed by atoms with Crippen LogP contribution in [0.2, 0.25) is 5.02 Å². The second-order valence-electron chi connectivity index (χ2n) is 5.12. The van der Waals surface area contributed by atoms with E-state index in [4.69, 9.17) is 21.1 Å². The number of methoxy groups -OCH3 is 1. The number of carbonyl (C=O) groups is 2. The first-order valence-electron chi connectivity index (χ1n) is 7.58. The third kappa shape index (κ3) is 5.36. The molecule has 25 heavy (non-hydrogen) atoms. The fourth-order valence-electron chi connectivity index (χ4n) is 2.02. The van der Waals surface area contributed by atoms with E-state index in [1.54, 1.807) is 48.5 Å². The van der Waals surface area contributed by atoms with Crippen molar-refractivity contribution in [3.8, 4) is 5.75 Å². The monoisotopic (exact) mass is 359 g/mol. The summed E-state index contributed by atoms with van der Waals surface area (Å²) in [7, 11) is 1.51. The minimum atomic E-state index is -0.965. The largest absolute Gasteiger partial charge is 0.495 e. The Morgan fingerprint density at radius 1 is 1.12 bits per heavy atom. The molecule has 0 unspecified atom stereocenters. The smallest absolute Gasteiger partial charge is 0.331 e. The summed E-state index contributed by atoms with van der Waals surface area (Å²) >= 11 is 6.00. The summed E-state index contributed by atoms with van der Waals surface area (Å²) in [5.41, 5.74) is 1.19. The topological polar surface area (TPSA) is 64.6 Å². The van der Waals surface area contributed by atoms with E-state index in [1.165, 1.54) is 26.2 Å². The van der Waals surface area contributed by atoms with Crippen molar-refractivity contribution < 1.29 is 19.1 Å². The third-order valence-electron chi connectivity index (χ3n) is 3.33. The van der Waals surface area contributed by atoms with Gasteiger partial charge in [0, 0.05) is 11.1 Å². The molecule has 0 heterocycles. The molecule has 0 aromatic heterocycles. The number of esters is 1. The predicted molar refractivity (Wildman–Crippen MR) is 97.7 cm³/mol. The average molecular weight is 360 g/mol. The van der Waals surface area contributed by atoms with Gasteiger partial charge in [0.15, 0.2) is 6.10 Å². The number of carbonyl (C=O) groups excluding carboxylic acids is 2. The molecule has 1 atom stereocenters. The number of nitrogens with one attached hydrogen (secondary N) is 1.